The molecule has 0 spiro atoms. The van der Waals surface area contributed by atoms with E-state index in [2.05, 4.69) is 330 Å². The largest absolute Gasteiger partial charge is 0.264 e. The summed E-state index contributed by atoms with van der Waals surface area (Å²) >= 11 is 0. The summed E-state index contributed by atoms with van der Waals surface area (Å²) in [6, 6.07) is 15.1. The summed E-state index contributed by atoms with van der Waals surface area (Å²) in [5.74, 6) is 0. The van der Waals surface area contributed by atoms with Gasteiger partial charge in [0.2, 0.25) is 0 Å². The maximum absolute atomic E-state index is 4.35. The lowest BCUT2D eigenvalue weighted by atomic mass is 9.50. The monoisotopic (exact) mass is 1530 g/mol. The Hall–Kier alpha value is -7.15. The Balaban J connectivity index is 0.000000623. The maximum Gasteiger partial charge on any atom is 0.115 e. The smallest absolute Gasteiger partial charge is 0.115 e. The Kier molecular flexibility index (Phi) is 35.4. The third kappa shape index (κ3) is 17.2. The van der Waals surface area contributed by atoms with Gasteiger partial charge in [-0.25, -0.2) is 19.9 Å². The van der Waals surface area contributed by atoms with Crippen LogP contribution in [0.1, 0.15) is 422 Å². The van der Waals surface area contributed by atoms with E-state index in [1.165, 1.54) is 67.0 Å². The van der Waals surface area contributed by atoms with Crippen LogP contribution in [0.3, 0.4) is 0 Å². The van der Waals surface area contributed by atoms with E-state index in [0.717, 1.165) is 22.8 Å². The summed E-state index contributed by atoms with van der Waals surface area (Å²) in [5, 5.41) is 24.0. The van der Waals surface area contributed by atoms with E-state index in [-0.39, 0.29) is 70.4 Å². The molecule has 0 amide bonds. The first kappa shape index (κ1) is 103. The average molecular weight is 1540 g/mol. The number of rotatable bonds is 0. The lowest BCUT2D eigenvalue weighted by Crippen LogP contribution is -2.52. The Morgan fingerprint density at radius 2 is 0.393 bits per heavy atom. The highest BCUT2D eigenvalue weighted by Gasteiger charge is 2.58. The number of hydrogen-bond donors (Lipinski definition) is 0. The molecule has 13 heteroatoms. The van der Waals surface area contributed by atoms with E-state index in [1.54, 1.807) is 37.4 Å². The van der Waals surface area contributed by atoms with Gasteiger partial charge in [0.05, 0.1) is 46.6 Å². The third-order valence-electron chi connectivity index (χ3n) is 28.8. The minimum Gasteiger partial charge on any atom is -0.264 e. The van der Waals surface area contributed by atoms with Crippen molar-refractivity contribution in [2.45, 2.75) is 419 Å². The average Bonchev–Trinajstić information content (AvgIpc) is 0.774. The Bertz CT molecular complexity index is 3150. The highest BCUT2D eigenvalue weighted by molar-refractivity contribution is 5.55. The highest BCUT2D eigenvalue weighted by Crippen LogP contribution is 2.60. The predicted octanol–water partition coefficient (Wildman–Crippen LogP) is 26.4. The van der Waals surface area contributed by atoms with Crippen LogP contribution in [-0.4, -0.2) is 65.5 Å². The number of pyridine rings is 1. The second-order valence-corrected chi connectivity index (χ2v) is 36.7. The standard InChI is InChI=1S/C12H16.C11H15N.6C10H14N2.8C2H6/c1-11(2)9-7-5-6-8-10(9)12(11,3)4;1-10(2)8-5-6-12-7-9(8)11(10,3)4;2*1-9(2)7-5-11-6-12-8(7)10(9,3)4;1-9(2)7-5-11-12-6-8(7)10(9,3)4;1-9(2)7-8(10(9,3)4)12-6-5-11-7;2*1-9(2)7-5-6-11-12-8(7)10(9,3)4;8*1-2/h5-8H,1-4H3;5-7H,1-4H3;6*5-6H,1-4H3;8*1-2H3. The molecule has 112 heavy (non-hydrogen) atoms. The SMILES string of the molecule is CC.CC.CC.CC.CC.CC.CC.CC.CC1(C)c2ccccc2C1(C)C.CC1(C)c2ccncc2C1(C)C.CC1(C)c2ccnnc2C1(C)C.CC1(C)c2ccnnc2C1(C)C.CC1(C)c2cncnc2C1(C)C.CC1(C)c2cncnc2C1(C)C.CC1(C)c2cnncc2C1(C)C.CC1(C)c2nccnc2C1(C)C. The lowest BCUT2D eigenvalue weighted by molar-refractivity contribution is 0.221. The van der Waals surface area contributed by atoms with E-state index >= 15 is 0 Å². The van der Waals surface area contributed by atoms with Gasteiger partial charge in [0.1, 0.15) is 12.7 Å². The Labute approximate surface area is 687 Å². The topological polar surface area (TPSA) is 168 Å². The fourth-order valence-electron chi connectivity index (χ4n) is 15.4. The zero-order valence-electron chi connectivity index (χ0n) is 80.8. The van der Waals surface area contributed by atoms with Gasteiger partial charge in [-0.3, -0.25) is 15.0 Å². The van der Waals surface area contributed by atoms with Crippen LogP contribution in [0, 0.1) is 0 Å². The highest BCUT2D eigenvalue weighted by atomic mass is 15.1. The van der Waals surface area contributed by atoms with Gasteiger partial charge in [0.25, 0.3) is 0 Å². The molecule has 0 saturated carbocycles. The van der Waals surface area contributed by atoms with E-state index in [1.807, 2.05) is 148 Å². The van der Waals surface area contributed by atoms with Crippen LogP contribution in [-0.2, 0) is 86.6 Å². The second kappa shape index (κ2) is 38.5. The molecule has 0 N–H and O–H groups in total. The summed E-state index contributed by atoms with van der Waals surface area (Å²) in [6.45, 7) is 104. The van der Waals surface area contributed by atoms with Crippen molar-refractivity contribution in [1.82, 2.24) is 65.5 Å². The van der Waals surface area contributed by atoms with Crippen molar-refractivity contribution in [3.8, 4) is 0 Å². The van der Waals surface area contributed by atoms with Crippen molar-refractivity contribution < 1.29 is 0 Å². The lowest BCUT2D eigenvalue weighted by Gasteiger charge is -2.54. The molecule has 0 atom stereocenters. The van der Waals surface area contributed by atoms with Crippen LogP contribution >= 0.6 is 0 Å². The van der Waals surface area contributed by atoms with E-state index in [0.29, 0.717) is 16.2 Å². The van der Waals surface area contributed by atoms with Gasteiger partial charge in [-0.05, 0) is 90.1 Å². The number of nitrogens with zero attached hydrogens (tertiary/aromatic N) is 13. The van der Waals surface area contributed by atoms with Crippen LogP contribution in [0.25, 0.3) is 0 Å². The van der Waals surface area contributed by atoms with Crippen molar-refractivity contribution in [3.63, 3.8) is 0 Å². The molecular formula is C99H163N13. The van der Waals surface area contributed by atoms with Crippen molar-refractivity contribution in [2.24, 2.45) is 0 Å². The van der Waals surface area contributed by atoms with Crippen LogP contribution in [0.4, 0.5) is 0 Å². The molecule has 0 unspecified atom stereocenters. The molecule has 0 aliphatic heterocycles. The molecular weight excluding hydrogens is 1370 g/mol. The quantitative estimate of drug-likeness (QED) is 0.141. The molecule has 8 aliphatic rings. The molecule has 0 saturated heterocycles. The van der Waals surface area contributed by atoms with E-state index < -0.39 is 0 Å². The van der Waals surface area contributed by atoms with Crippen molar-refractivity contribution in [1.29, 1.82) is 0 Å². The van der Waals surface area contributed by atoms with Gasteiger partial charge in [0.15, 0.2) is 0 Å². The molecule has 7 aromatic heterocycles. The first-order valence-electron chi connectivity index (χ1n) is 42.8. The number of fused-ring (bicyclic) bond motifs is 8. The molecule has 8 aliphatic carbocycles. The van der Waals surface area contributed by atoms with Gasteiger partial charge in [0, 0.05) is 120 Å². The molecule has 1 aromatic carbocycles. The van der Waals surface area contributed by atoms with E-state index in [4.69, 9.17) is 0 Å². The number of hydrogen-bond acceptors (Lipinski definition) is 13. The third-order valence-corrected chi connectivity index (χ3v) is 28.8. The van der Waals surface area contributed by atoms with Crippen LogP contribution in [0.5, 0.6) is 0 Å². The first-order chi connectivity index (χ1) is 51.8. The zero-order valence-corrected chi connectivity index (χ0v) is 80.8. The summed E-state index contributed by atoms with van der Waals surface area (Å²) in [5.41, 5.74) is 24.8. The zero-order chi connectivity index (χ0) is 87.9. The molecule has 16 rings (SSSR count). The second-order valence-electron chi connectivity index (χ2n) is 36.7. The summed E-state index contributed by atoms with van der Waals surface area (Å²) in [4.78, 5) is 29.6. The maximum atomic E-state index is 4.35. The molecule has 13 nitrogen and oxygen atoms in total. The summed E-state index contributed by atoms with van der Waals surface area (Å²) in [6.07, 6.45) is 21.9. The Morgan fingerprint density at radius 1 is 0.170 bits per heavy atom. The first-order valence-corrected chi connectivity index (χ1v) is 42.8. The molecule has 624 valence electrons. The van der Waals surface area contributed by atoms with Gasteiger partial charge < -0.3 is 0 Å². The fourth-order valence-corrected chi connectivity index (χ4v) is 15.4. The normalized spacial score (nSPS) is 19.9. The number of aromatic nitrogens is 13. The van der Waals surface area contributed by atoms with Crippen LogP contribution in [0.2, 0.25) is 0 Å². The van der Waals surface area contributed by atoms with Gasteiger partial charge >= 0.3 is 0 Å². The molecule has 0 fully saturated rings. The molecule has 8 aromatic rings. The summed E-state index contributed by atoms with van der Waals surface area (Å²) < 4.78 is 0. The Morgan fingerprint density at radius 3 is 0.670 bits per heavy atom. The minimum atomic E-state index is 0.177. The van der Waals surface area contributed by atoms with Crippen molar-refractivity contribution in [2.75, 3.05) is 0 Å². The van der Waals surface area contributed by atoms with Crippen molar-refractivity contribution in [3.05, 3.63) is 207 Å². The van der Waals surface area contributed by atoms with Gasteiger partial charge in [-0.15, -0.1) is 0 Å². The molecule has 0 bridgehead atoms. The van der Waals surface area contributed by atoms with E-state index in [9.17, 15) is 0 Å². The molecule has 0 radical (unpaired) electrons. The van der Waals surface area contributed by atoms with Crippen LogP contribution in [0.15, 0.2) is 117 Å². The minimum absolute atomic E-state index is 0.177. The van der Waals surface area contributed by atoms with Crippen LogP contribution < -0.4 is 0 Å². The fraction of sp³-hybridized carbons (Fsp3) is 0.646. The summed E-state index contributed by atoms with van der Waals surface area (Å²) in [7, 11) is 0. The number of benzene rings is 1. The molecule has 7 heterocycles. The van der Waals surface area contributed by atoms with Crippen molar-refractivity contribution >= 4 is 0 Å². The van der Waals surface area contributed by atoms with Gasteiger partial charge in [-0.1, -0.05) is 357 Å². The predicted molar refractivity (Wildman–Crippen MR) is 482 cm³/mol. The van der Waals surface area contributed by atoms with Gasteiger partial charge in [-0.2, -0.15) is 30.6 Å².